The first kappa shape index (κ1) is 24.6. The van der Waals surface area contributed by atoms with Crippen LogP contribution >= 0.6 is 0 Å². The molecule has 6 N–H and O–H groups in total. The minimum Gasteiger partial charge on any atom is -0.397 e. The highest BCUT2D eigenvalue weighted by atomic mass is 19.4. The number of ketones is 1. The Kier molecular flexibility index (Phi) is 6.58. The van der Waals surface area contributed by atoms with Crippen molar-refractivity contribution in [2.75, 3.05) is 29.1 Å². The standard InChI is InChI=1S/C25H25F3N4O2/c1-14(33)15-5-4-6-16(11-15)23(34)32-22-10-8-18(13-20(22)30)24(2,25(26,27)28)17-7-9-21(31-3)19(29)12-17/h4-13,31H,29-30H2,1-3H3,(H,32,34). The number of amides is 1. The Bertz CT molecular complexity index is 1260. The molecule has 1 unspecified atom stereocenters. The van der Waals surface area contributed by atoms with E-state index < -0.39 is 17.5 Å². The summed E-state index contributed by atoms with van der Waals surface area (Å²) in [5.41, 5.74) is 10.8. The molecule has 6 nitrogen and oxygen atoms in total. The molecule has 0 spiro atoms. The first-order valence-electron chi connectivity index (χ1n) is 10.3. The van der Waals surface area contributed by atoms with E-state index in [2.05, 4.69) is 10.6 Å². The second-order valence-electron chi connectivity index (χ2n) is 8.07. The van der Waals surface area contributed by atoms with Crippen molar-refractivity contribution in [1.82, 2.24) is 0 Å². The third kappa shape index (κ3) is 4.54. The second-order valence-corrected chi connectivity index (χ2v) is 8.07. The lowest BCUT2D eigenvalue weighted by molar-refractivity contribution is -0.173. The lowest BCUT2D eigenvalue weighted by Crippen LogP contribution is -2.40. The van der Waals surface area contributed by atoms with E-state index >= 15 is 0 Å². The van der Waals surface area contributed by atoms with Gasteiger partial charge in [-0.25, -0.2) is 0 Å². The number of hydrogen-bond acceptors (Lipinski definition) is 5. The van der Waals surface area contributed by atoms with Gasteiger partial charge in [0.1, 0.15) is 5.41 Å². The number of benzene rings is 3. The van der Waals surface area contributed by atoms with Crippen LogP contribution in [-0.2, 0) is 5.41 Å². The summed E-state index contributed by atoms with van der Waals surface area (Å²) in [5, 5.41) is 5.41. The number of rotatable bonds is 6. The summed E-state index contributed by atoms with van der Waals surface area (Å²) in [7, 11) is 1.62. The minimum atomic E-state index is -4.66. The number of alkyl halides is 3. The SMILES string of the molecule is CNc1ccc(C(C)(c2ccc(NC(=O)c3cccc(C(C)=O)c3)c(N)c2)C(F)(F)F)cc1N. The van der Waals surface area contributed by atoms with Gasteiger partial charge in [-0.2, -0.15) is 13.2 Å². The highest BCUT2D eigenvalue weighted by Crippen LogP contribution is 2.47. The van der Waals surface area contributed by atoms with E-state index in [9.17, 15) is 22.8 Å². The van der Waals surface area contributed by atoms with E-state index in [0.717, 1.165) is 6.92 Å². The first-order valence-corrected chi connectivity index (χ1v) is 10.3. The molecule has 1 atom stereocenters. The number of carbonyl (C=O) groups is 2. The van der Waals surface area contributed by atoms with Crippen LogP contribution in [0.3, 0.4) is 0 Å². The largest absolute Gasteiger partial charge is 0.402 e. The zero-order valence-electron chi connectivity index (χ0n) is 18.9. The maximum atomic E-state index is 14.4. The zero-order chi connectivity index (χ0) is 25.3. The van der Waals surface area contributed by atoms with Crippen LogP contribution in [0.25, 0.3) is 0 Å². The fourth-order valence-corrected chi connectivity index (χ4v) is 3.66. The Labute approximate surface area is 195 Å². The van der Waals surface area contributed by atoms with E-state index in [1.165, 1.54) is 55.5 Å². The smallest absolute Gasteiger partial charge is 0.397 e. The Hall–Kier alpha value is -4.01. The van der Waals surface area contributed by atoms with Crippen LogP contribution in [0.15, 0.2) is 60.7 Å². The summed E-state index contributed by atoms with van der Waals surface area (Å²) in [5.74, 6) is -0.745. The summed E-state index contributed by atoms with van der Waals surface area (Å²) in [6.07, 6.45) is -4.66. The van der Waals surface area contributed by atoms with Gasteiger partial charge < -0.3 is 22.1 Å². The monoisotopic (exact) mass is 470 g/mol. The van der Waals surface area contributed by atoms with Crippen LogP contribution in [0.2, 0.25) is 0 Å². The van der Waals surface area contributed by atoms with E-state index in [4.69, 9.17) is 11.5 Å². The molecule has 1 amide bonds. The van der Waals surface area contributed by atoms with E-state index in [-0.39, 0.29) is 39.5 Å². The molecule has 0 aliphatic carbocycles. The number of nitrogens with two attached hydrogens (primary N) is 2. The van der Waals surface area contributed by atoms with E-state index in [1.54, 1.807) is 19.2 Å². The maximum Gasteiger partial charge on any atom is 0.402 e. The van der Waals surface area contributed by atoms with Crippen molar-refractivity contribution in [3.8, 4) is 0 Å². The number of Topliss-reactive ketones (excluding diaryl/α,β-unsaturated/α-hetero) is 1. The molecule has 3 rings (SSSR count). The number of nitrogens with one attached hydrogen (secondary N) is 2. The highest BCUT2D eigenvalue weighted by Gasteiger charge is 2.53. The Morgan fingerprint density at radius 2 is 1.35 bits per heavy atom. The fourth-order valence-electron chi connectivity index (χ4n) is 3.66. The van der Waals surface area contributed by atoms with Gasteiger partial charge in [0.25, 0.3) is 5.91 Å². The number of halogens is 3. The molecule has 0 aliphatic rings. The Balaban J connectivity index is 1.98. The predicted octanol–water partition coefficient (Wildman–Crippen LogP) is 5.22. The van der Waals surface area contributed by atoms with E-state index in [1.807, 2.05) is 0 Å². The summed E-state index contributed by atoms with van der Waals surface area (Å²) in [6, 6.07) is 14.0. The van der Waals surface area contributed by atoms with Gasteiger partial charge in [0, 0.05) is 18.2 Å². The van der Waals surface area contributed by atoms with Crippen molar-refractivity contribution >= 4 is 34.4 Å². The van der Waals surface area contributed by atoms with Crippen LogP contribution in [0, 0.1) is 0 Å². The number of hydrogen-bond donors (Lipinski definition) is 4. The first-order chi connectivity index (χ1) is 15.9. The van der Waals surface area contributed by atoms with Gasteiger partial charge in [-0.1, -0.05) is 24.3 Å². The topological polar surface area (TPSA) is 110 Å². The van der Waals surface area contributed by atoms with Crippen LogP contribution in [0.4, 0.5) is 35.9 Å². The molecule has 178 valence electrons. The molecule has 9 heteroatoms. The molecule has 34 heavy (non-hydrogen) atoms. The lowest BCUT2D eigenvalue weighted by atomic mass is 9.75. The highest BCUT2D eigenvalue weighted by molar-refractivity contribution is 6.07. The molecule has 0 aromatic heterocycles. The van der Waals surface area contributed by atoms with Gasteiger partial charge >= 0.3 is 6.18 Å². The van der Waals surface area contributed by atoms with Gasteiger partial charge in [0.2, 0.25) is 0 Å². The van der Waals surface area contributed by atoms with Crippen LogP contribution in [-0.4, -0.2) is 24.9 Å². The van der Waals surface area contributed by atoms with Crippen LogP contribution in [0.1, 0.15) is 45.7 Å². The van der Waals surface area contributed by atoms with E-state index in [0.29, 0.717) is 11.3 Å². The normalized spacial score (nSPS) is 13.1. The Morgan fingerprint density at radius 1 is 0.824 bits per heavy atom. The molecule has 0 heterocycles. The van der Waals surface area contributed by atoms with Crippen LogP contribution in [0.5, 0.6) is 0 Å². The molecule has 3 aromatic rings. The summed E-state index contributed by atoms with van der Waals surface area (Å²) >= 11 is 0. The third-order valence-electron chi connectivity index (χ3n) is 5.87. The van der Waals surface area contributed by atoms with Crippen molar-refractivity contribution in [1.29, 1.82) is 0 Å². The number of anilines is 4. The quantitative estimate of drug-likeness (QED) is 0.292. The van der Waals surface area contributed by atoms with Gasteiger partial charge in [0.15, 0.2) is 5.78 Å². The van der Waals surface area contributed by atoms with Gasteiger partial charge in [0.05, 0.1) is 22.7 Å². The molecule has 0 fully saturated rings. The van der Waals surface area contributed by atoms with Crippen molar-refractivity contribution < 1.29 is 22.8 Å². The van der Waals surface area contributed by atoms with Crippen molar-refractivity contribution in [2.24, 2.45) is 0 Å². The summed E-state index contributed by atoms with van der Waals surface area (Å²) < 4.78 is 43.1. The van der Waals surface area contributed by atoms with Crippen molar-refractivity contribution in [3.63, 3.8) is 0 Å². The van der Waals surface area contributed by atoms with Crippen LogP contribution < -0.4 is 22.1 Å². The lowest BCUT2D eigenvalue weighted by Gasteiger charge is -2.34. The fraction of sp³-hybridized carbons (Fsp3) is 0.200. The Morgan fingerprint density at radius 3 is 1.82 bits per heavy atom. The number of carbonyl (C=O) groups excluding carboxylic acids is 2. The minimum absolute atomic E-state index is 0.0381. The molecule has 0 bridgehead atoms. The maximum absolute atomic E-state index is 14.4. The van der Waals surface area contributed by atoms with Crippen molar-refractivity contribution in [2.45, 2.75) is 25.4 Å². The second kappa shape index (κ2) is 9.09. The molecule has 0 saturated carbocycles. The van der Waals surface area contributed by atoms with Crippen molar-refractivity contribution in [3.05, 3.63) is 82.9 Å². The molecule has 0 aliphatic heterocycles. The number of nitrogen functional groups attached to an aromatic ring is 2. The van der Waals surface area contributed by atoms with Gasteiger partial charge in [-0.15, -0.1) is 0 Å². The van der Waals surface area contributed by atoms with Gasteiger partial charge in [-0.05, 0) is 61.4 Å². The predicted molar refractivity (Wildman–Crippen MR) is 128 cm³/mol. The molecule has 0 saturated heterocycles. The molecular formula is C25H25F3N4O2. The zero-order valence-corrected chi connectivity index (χ0v) is 18.9. The third-order valence-corrected chi connectivity index (χ3v) is 5.87. The average molecular weight is 470 g/mol. The summed E-state index contributed by atoms with van der Waals surface area (Å²) in [4.78, 5) is 24.2. The van der Waals surface area contributed by atoms with Gasteiger partial charge in [-0.3, -0.25) is 9.59 Å². The summed E-state index contributed by atoms with van der Waals surface area (Å²) in [6.45, 7) is 2.44. The average Bonchev–Trinajstić information content (AvgIpc) is 2.79. The molecule has 0 radical (unpaired) electrons. The molecular weight excluding hydrogens is 445 g/mol. The molecule has 3 aromatic carbocycles.